The van der Waals surface area contributed by atoms with Crippen molar-refractivity contribution in [2.24, 2.45) is 0 Å². The van der Waals surface area contributed by atoms with Crippen molar-refractivity contribution in [3.05, 3.63) is 32.6 Å². The molecule has 0 N–H and O–H groups in total. The summed E-state index contributed by atoms with van der Waals surface area (Å²) in [6.45, 7) is 1.32. The zero-order valence-electron chi connectivity index (χ0n) is 8.14. The van der Waals surface area contributed by atoms with E-state index in [4.69, 9.17) is 0 Å². The maximum absolute atomic E-state index is 13.0. The summed E-state index contributed by atoms with van der Waals surface area (Å²) in [7, 11) is 1.18. The van der Waals surface area contributed by atoms with Crippen molar-refractivity contribution in [2.45, 2.75) is 6.92 Å². The summed E-state index contributed by atoms with van der Waals surface area (Å²) >= 11 is 1.81. The summed E-state index contributed by atoms with van der Waals surface area (Å²) in [5.41, 5.74) is 0.165. The smallest absolute Gasteiger partial charge is 0.338 e. The minimum atomic E-state index is -0.711. The lowest BCUT2D eigenvalue weighted by Gasteiger charge is -2.07. The predicted molar refractivity (Wildman–Crippen MR) is 60.5 cm³/mol. The van der Waals surface area contributed by atoms with Gasteiger partial charge in [0.1, 0.15) is 5.82 Å². The summed E-state index contributed by atoms with van der Waals surface area (Å²) in [4.78, 5) is 22.6. The molecule has 0 unspecified atom stereocenters. The van der Waals surface area contributed by atoms with E-state index in [-0.39, 0.29) is 16.9 Å². The zero-order valence-corrected chi connectivity index (χ0v) is 10.3. The first kappa shape index (κ1) is 12.1. The van der Waals surface area contributed by atoms with Crippen LogP contribution in [-0.4, -0.2) is 18.9 Å². The first-order valence-electron chi connectivity index (χ1n) is 4.05. The molecule has 0 amide bonds. The molecular formula is C10H8FIO3. The van der Waals surface area contributed by atoms with E-state index in [1.165, 1.54) is 20.1 Å². The minimum absolute atomic E-state index is 0.0330. The number of halogens is 2. The summed E-state index contributed by atoms with van der Waals surface area (Å²) in [6, 6.07) is 2.20. The molecule has 15 heavy (non-hydrogen) atoms. The Labute approximate surface area is 99.8 Å². The molecular weight excluding hydrogens is 314 g/mol. The monoisotopic (exact) mass is 322 g/mol. The Balaban J connectivity index is 3.46. The van der Waals surface area contributed by atoms with Crippen LogP contribution in [0.1, 0.15) is 27.6 Å². The minimum Gasteiger partial charge on any atom is -0.465 e. The molecule has 0 heterocycles. The third-order valence-corrected chi connectivity index (χ3v) is 2.66. The van der Waals surface area contributed by atoms with Crippen LogP contribution in [0.4, 0.5) is 4.39 Å². The molecule has 0 saturated heterocycles. The number of rotatable bonds is 2. The highest BCUT2D eigenvalue weighted by Crippen LogP contribution is 2.20. The molecule has 3 nitrogen and oxygen atoms in total. The second-order valence-electron chi connectivity index (χ2n) is 2.86. The van der Waals surface area contributed by atoms with Crippen molar-refractivity contribution in [1.29, 1.82) is 0 Å². The Hall–Kier alpha value is -0.980. The fourth-order valence-electron chi connectivity index (χ4n) is 1.20. The Morgan fingerprint density at radius 1 is 1.40 bits per heavy atom. The second kappa shape index (κ2) is 4.69. The molecule has 0 spiro atoms. The third-order valence-electron chi connectivity index (χ3n) is 1.81. The van der Waals surface area contributed by atoms with E-state index >= 15 is 0 Å². The van der Waals surface area contributed by atoms with Gasteiger partial charge in [-0.05, 0) is 41.6 Å². The van der Waals surface area contributed by atoms with Gasteiger partial charge in [-0.25, -0.2) is 9.18 Å². The normalized spacial score (nSPS) is 9.87. The molecule has 0 fully saturated rings. The molecule has 5 heteroatoms. The fraction of sp³-hybridized carbons (Fsp3) is 0.200. The van der Waals surface area contributed by atoms with E-state index < -0.39 is 11.8 Å². The van der Waals surface area contributed by atoms with Crippen LogP contribution in [0.3, 0.4) is 0 Å². The van der Waals surface area contributed by atoms with Crippen LogP contribution in [0.15, 0.2) is 12.1 Å². The van der Waals surface area contributed by atoms with E-state index in [1.807, 2.05) is 22.6 Å². The molecule has 1 aromatic carbocycles. The molecule has 0 aliphatic rings. The fourth-order valence-corrected chi connectivity index (χ4v) is 2.17. The van der Waals surface area contributed by atoms with Crippen molar-refractivity contribution >= 4 is 34.3 Å². The number of Topliss-reactive ketones (excluding diaryl/α,β-unsaturated/α-hetero) is 1. The Morgan fingerprint density at radius 3 is 2.47 bits per heavy atom. The van der Waals surface area contributed by atoms with Crippen LogP contribution in [0.25, 0.3) is 0 Å². The lowest BCUT2D eigenvalue weighted by molar-refractivity contribution is 0.0596. The predicted octanol–water partition coefficient (Wildman–Crippen LogP) is 2.42. The summed E-state index contributed by atoms with van der Waals surface area (Å²) in [5.74, 6) is -1.57. The molecule has 80 valence electrons. The number of carbonyl (C=O) groups is 2. The topological polar surface area (TPSA) is 43.4 Å². The van der Waals surface area contributed by atoms with Gasteiger partial charge in [0.25, 0.3) is 0 Å². The van der Waals surface area contributed by atoms with Gasteiger partial charge in [0.2, 0.25) is 0 Å². The number of ketones is 1. The van der Waals surface area contributed by atoms with Gasteiger partial charge in [0.15, 0.2) is 5.78 Å². The highest BCUT2D eigenvalue weighted by Gasteiger charge is 2.19. The maximum Gasteiger partial charge on any atom is 0.338 e. The highest BCUT2D eigenvalue weighted by atomic mass is 127. The number of esters is 1. The summed E-state index contributed by atoms with van der Waals surface area (Å²) in [6.07, 6.45) is 0. The van der Waals surface area contributed by atoms with Crippen molar-refractivity contribution in [1.82, 2.24) is 0 Å². The molecule has 0 bridgehead atoms. The molecule has 0 radical (unpaired) electrons. The average molecular weight is 322 g/mol. The van der Waals surface area contributed by atoms with Gasteiger partial charge in [0.05, 0.1) is 12.7 Å². The highest BCUT2D eigenvalue weighted by molar-refractivity contribution is 14.1. The number of hydrogen-bond acceptors (Lipinski definition) is 3. The van der Waals surface area contributed by atoms with Crippen LogP contribution >= 0.6 is 22.6 Å². The largest absolute Gasteiger partial charge is 0.465 e. The first-order valence-corrected chi connectivity index (χ1v) is 5.13. The Morgan fingerprint density at radius 2 is 2.00 bits per heavy atom. The SMILES string of the molecule is COC(=O)c1cc(F)cc(I)c1C(C)=O. The van der Waals surface area contributed by atoms with Gasteiger partial charge in [-0.2, -0.15) is 0 Å². The van der Waals surface area contributed by atoms with Crippen LogP contribution in [0.2, 0.25) is 0 Å². The second-order valence-corrected chi connectivity index (χ2v) is 4.02. The molecule has 1 rings (SSSR count). The van der Waals surface area contributed by atoms with Crippen molar-refractivity contribution in [3.8, 4) is 0 Å². The van der Waals surface area contributed by atoms with E-state index in [1.54, 1.807) is 0 Å². The molecule has 0 atom stereocenters. The average Bonchev–Trinajstić information content (AvgIpc) is 2.14. The van der Waals surface area contributed by atoms with E-state index in [9.17, 15) is 14.0 Å². The van der Waals surface area contributed by atoms with E-state index in [0.717, 1.165) is 6.07 Å². The maximum atomic E-state index is 13.0. The number of carbonyl (C=O) groups excluding carboxylic acids is 2. The number of benzene rings is 1. The lowest BCUT2D eigenvalue weighted by Crippen LogP contribution is -2.11. The first-order chi connectivity index (χ1) is 6.97. The zero-order chi connectivity index (χ0) is 11.6. The number of ether oxygens (including phenoxy) is 1. The number of hydrogen-bond donors (Lipinski definition) is 0. The van der Waals surface area contributed by atoms with E-state index in [0.29, 0.717) is 3.57 Å². The van der Waals surface area contributed by atoms with Crippen molar-refractivity contribution in [2.75, 3.05) is 7.11 Å². The number of methoxy groups -OCH3 is 1. The van der Waals surface area contributed by atoms with Crippen LogP contribution in [0.5, 0.6) is 0 Å². The Kier molecular flexibility index (Phi) is 3.78. The van der Waals surface area contributed by atoms with Crippen LogP contribution in [-0.2, 0) is 4.74 Å². The molecule has 0 aliphatic carbocycles. The van der Waals surface area contributed by atoms with Gasteiger partial charge < -0.3 is 4.74 Å². The van der Waals surface area contributed by atoms with Gasteiger partial charge in [-0.15, -0.1) is 0 Å². The van der Waals surface area contributed by atoms with Gasteiger partial charge in [-0.3, -0.25) is 4.79 Å². The van der Waals surface area contributed by atoms with E-state index in [2.05, 4.69) is 4.74 Å². The quantitative estimate of drug-likeness (QED) is 0.477. The standard InChI is InChI=1S/C10H8FIO3/c1-5(13)9-7(10(14)15-2)3-6(11)4-8(9)12/h3-4H,1-2H3. The van der Waals surface area contributed by atoms with Gasteiger partial charge in [0, 0.05) is 9.13 Å². The third kappa shape index (κ3) is 2.53. The summed E-state index contributed by atoms with van der Waals surface area (Å²) < 4.78 is 17.9. The van der Waals surface area contributed by atoms with Gasteiger partial charge >= 0.3 is 5.97 Å². The molecule has 0 saturated carbocycles. The molecule has 1 aromatic rings. The lowest BCUT2D eigenvalue weighted by atomic mass is 10.0. The molecule has 0 aliphatic heterocycles. The van der Waals surface area contributed by atoms with Crippen LogP contribution in [0, 0.1) is 9.39 Å². The summed E-state index contributed by atoms with van der Waals surface area (Å²) in [5, 5.41) is 0. The van der Waals surface area contributed by atoms with Gasteiger partial charge in [-0.1, -0.05) is 0 Å². The van der Waals surface area contributed by atoms with Crippen LogP contribution < -0.4 is 0 Å². The molecule has 0 aromatic heterocycles. The van der Waals surface area contributed by atoms with Crippen molar-refractivity contribution in [3.63, 3.8) is 0 Å². The van der Waals surface area contributed by atoms with Crippen molar-refractivity contribution < 1.29 is 18.7 Å². The Bertz CT molecular complexity index is 429.